The summed E-state index contributed by atoms with van der Waals surface area (Å²) in [5, 5.41) is 2.42. The topological polar surface area (TPSA) is 70.6 Å². The highest BCUT2D eigenvalue weighted by atomic mass is 32.2. The second-order valence-electron chi connectivity index (χ2n) is 8.70. The zero-order chi connectivity index (χ0) is 24.4. The number of thiazole rings is 1. The molecular weight excluding hydrogens is 499 g/mol. The number of benzene rings is 2. The molecule has 2 aromatic carbocycles. The molecule has 1 unspecified atom stereocenters. The fraction of sp³-hybridized carbons (Fsp3) is 0.308. The summed E-state index contributed by atoms with van der Waals surface area (Å²) in [6.07, 6.45) is 2.25. The van der Waals surface area contributed by atoms with E-state index in [-0.39, 0.29) is 12.5 Å². The summed E-state index contributed by atoms with van der Waals surface area (Å²) in [7, 11) is -3.59. The Labute approximate surface area is 213 Å². The lowest BCUT2D eigenvalue weighted by Crippen LogP contribution is -2.46. The Morgan fingerprint density at radius 1 is 1.11 bits per heavy atom. The molecule has 1 aliphatic rings. The van der Waals surface area contributed by atoms with Gasteiger partial charge in [0, 0.05) is 13.1 Å². The number of carbonyl (C=O) groups is 1. The van der Waals surface area contributed by atoms with E-state index in [0.29, 0.717) is 35.3 Å². The van der Waals surface area contributed by atoms with Crippen LogP contribution in [0.4, 0.5) is 5.13 Å². The molecule has 0 aliphatic carbocycles. The summed E-state index contributed by atoms with van der Waals surface area (Å²) in [4.78, 5) is 20.5. The van der Waals surface area contributed by atoms with Gasteiger partial charge in [0.25, 0.3) is 10.0 Å². The van der Waals surface area contributed by atoms with Crippen LogP contribution in [-0.2, 0) is 27.8 Å². The molecule has 3 heterocycles. The van der Waals surface area contributed by atoms with Crippen LogP contribution in [0.1, 0.15) is 30.9 Å². The summed E-state index contributed by atoms with van der Waals surface area (Å²) >= 11 is 2.72. The molecular formula is C26H27N3O3S3. The third-order valence-electron chi connectivity index (χ3n) is 6.35. The lowest BCUT2D eigenvalue weighted by molar-refractivity contribution is -0.123. The van der Waals surface area contributed by atoms with Crippen LogP contribution in [0.5, 0.6) is 0 Å². The number of nitrogens with zero attached hydrogens (tertiary/aromatic N) is 3. The molecule has 1 saturated heterocycles. The van der Waals surface area contributed by atoms with E-state index in [1.54, 1.807) is 22.4 Å². The molecule has 182 valence electrons. The SMILES string of the molecule is CCc1ccc2nc(N(Cc3ccccc3)C(=O)C3CCCN(S(=O)(=O)c4cccs4)C3)sc2c1. The van der Waals surface area contributed by atoms with Crippen LogP contribution in [0.25, 0.3) is 10.2 Å². The van der Waals surface area contributed by atoms with E-state index in [2.05, 4.69) is 19.1 Å². The third-order valence-corrected chi connectivity index (χ3v) is 10.6. The Morgan fingerprint density at radius 3 is 2.69 bits per heavy atom. The van der Waals surface area contributed by atoms with E-state index in [1.807, 2.05) is 36.4 Å². The Balaban J connectivity index is 1.46. The van der Waals surface area contributed by atoms with Gasteiger partial charge in [-0.05, 0) is 54.0 Å². The first kappa shape index (κ1) is 24.1. The molecule has 35 heavy (non-hydrogen) atoms. The Bertz CT molecular complexity index is 1420. The van der Waals surface area contributed by atoms with Crippen LogP contribution in [0.15, 0.2) is 70.3 Å². The quantitative estimate of drug-likeness (QED) is 0.317. The van der Waals surface area contributed by atoms with Crippen molar-refractivity contribution in [2.24, 2.45) is 5.92 Å². The number of piperidine rings is 1. The summed E-state index contributed by atoms with van der Waals surface area (Å²) in [5.74, 6) is -0.491. The van der Waals surface area contributed by atoms with Crippen molar-refractivity contribution in [1.29, 1.82) is 0 Å². The first-order chi connectivity index (χ1) is 17.0. The standard InChI is InChI=1S/C26H27N3O3S3/c1-2-19-12-13-22-23(16-19)34-26(27-22)29(17-20-8-4-3-5-9-20)25(30)21-10-6-14-28(18-21)35(31,32)24-11-7-15-33-24/h3-5,7-9,11-13,15-16,21H,2,6,10,14,17-18H2,1H3. The van der Waals surface area contributed by atoms with Crippen LogP contribution in [0.3, 0.4) is 0 Å². The van der Waals surface area contributed by atoms with Gasteiger partial charge >= 0.3 is 0 Å². The predicted molar refractivity (Wildman–Crippen MR) is 142 cm³/mol. The molecule has 1 aliphatic heterocycles. The number of hydrogen-bond donors (Lipinski definition) is 0. The molecule has 0 spiro atoms. The van der Waals surface area contributed by atoms with Gasteiger partial charge in [-0.1, -0.05) is 60.7 Å². The van der Waals surface area contributed by atoms with Gasteiger partial charge in [0.1, 0.15) is 4.21 Å². The smallest absolute Gasteiger partial charge is 0.252 e. The van der Waals surface area contributed by atoms with Crippen molar-refractivity contribution in [1.82, 2.24) is 9.29 Å². The predicted octanol–water partition coefficient (Wildman–Crippen LogP) is 5.55. The molecule has 1 atom stereocenters. The average Bonchev–Trinajstić information content (AvgIpc) is 3.58. The van der Waals surface area contributed by atoms with E-state index in [9.17, 15) is 13.2 Å². The number of carbonyl (C=O) groups excluding carboxylic acids is 1. The first-order valence-electron chi connectivity index (χ1n) is 11.7. The van der Waals surface area contributed by atoms with E-state index < -0.39 is 15.9 Å². The second-order valence-corrected chi connectivity index (χ2v) is 12.8. The van der Waals surface area contributed by atoms with Gasteiger partial charge in [-0.15, -0.1) is 11.3 Å². The number of thiophene rings is 1. The molecule has 0 saturated carbocycles. The van der Waals surface area contributed by atoms with Gasteiger partial charge in [-0.25, -0.2) is 13.4 Å². The Hall–Kier alpha value is -2.59. The number of amides is 1. The van der Waals surface area contributed by atoms with Crippen molar-refractivity contribution < 1.29 is 13.2 Å². The molecule has 6 nitrogen and oxygen atoms in total. The molecule has 5 rings (SSSR count). The van der Waals surface area contributed by atoms with Crippen LogP contribution >= 0.6 is 22.7 Å². The molecule has 2 aromatic heterocycles. The molecule has 1 fully saturated rings. The van der Waals surface area contributed by atoms with E-state index >= 15 is 0 Å². The van der Waals surface area contributed by atoms with Gasteiger partial charge in [0.05, 0.1) is 22.7 Å². The van der Waals surface area contributed by atoms with Crippen LogP contribution in [0, 0.1) is 5.92 Å². The number of anilines is 1. The maximum Gasteiger partial charge on any atom is 0.252 e. The number of aromatic nitrogens is 1. The highest BCUT2D eigenvalue weighted by Crippen LogP contribution is 2.34. The Kier molecular flexibility index (Phi) is 7.02. The lowest BCUT2D eigenvalue weighted by Gasteiger charge is -2.33. The van der Waals surface area contributed by atoms with Gasteiger partial charge in [0.15, 0.2) is 5.13 Å². The maximum atomic E-state index is 13.9. The molecule has 1 amide bonds. The molecule has 9 heteroatoms. The van der Waals surface area contributed by atoms with Crippen LogP contribution in [-0.4, -0.2) is 36.7 Å². The van der Waals surface area contributed by atoms with Gasteiger partial charge < -0.3 is 0 Å². The van der Waals surface area contributed by atoms with Crippen molar-refractivity contribution in [3.8, 4) is 0 Å². The maximum absolute atomic E-state index is 13.9. The monoisotopic (exact) mass is 525 g/mol. The van der Waals surface area contributed by atoms with E-state index in [0.717, 1.165) is 22.2 Å². The number of hydrogen-bond acceptors (Lipinski definition) is 6. The summed E-state index contributed by atoms with van der Waals surface area (Å²) in [6, 6.07) is 19.4. The highest BCUT2D eigenvalue weighted by molar-refractivity contribution is 7.91. The molecule has 0 bridgehead atoms. The van der Waals surface area contributed by atoms with Gasteiger partial charge in [-0.3, -0.25) is 9.69 Å². The van der Waals surface area contributed by atoms with Gasteiger partial charge in [0.2, 0.25) is 5.91 Å². The fourth-order valence-electron chi connectivity index (χ4n) is 4.42. The average molecular weight is 526 g/mol. The molecule has 0 radical (unpaired) electrons. The lowest BCUT2D eigenvalue weighted by atomic mass is 9.98. The number of fused-ring (bicyclic) bond motifs is 1. The van der Waals surface area contributed by atoms with Crippen molar-refractivity contribution in [3.63, 3.8) is 0 Å². The fourth-order valence-corrected chi connectivity index (χ4v) is 8.12. The zero-order valence-electron chi connectivity index (χ0n) is 19.5. The van der Waals surface area contributed by atoms with Crippen molar-refractivity contribution in [3.05, 3.63) is 77.2 Å². The number of sulfonamides is 1. The van der Waals surface area contributed by atoms with Crippen molar-refractivity contribution in [2.45, 2.75) is 36.9 Å². The molecule has 4 aromatic rings. The normalized spacial score (nSPS) is 17.0. The number of aryl methyl sites for hydroxylation is 1. The summed E-state index contributed by atoms with van der Waals surface area (Å²) in [5.41, 5.74) is 3.11. The minimum Gasteiger partial charge on any atom is -0.283 e. The van der Waals surface area contributed by atoms with E-state index in [1.165, 1.54) is 32.5 Å². The second kappa shape index (κ2) is 10.2. The van der Waals surface area contributed by atoms with Crippen LogP contribution < -0.4 is 4.90 Å². The Morgan fingerprint density at radius 2 is 1.94 bits per heavy atom. The third kappa shape index (κ3) is 5.04. The summed E-state index contributed by atoms with van der Waals surface area (Å²) < 4.78 is 29.1. The minimum atomic E-state index is -3.59. The minimum absolute atomic E-state index is 0.0743. The van der Waals surface area contributed by atoms with Crippen LogP contribution in [0.2, 0.25) is 0 Å². The summed E-state index contributed by atoms with van der Waals surface area (Å²) in [6.45, 7) is 3.14. The van der Waals surface area contributed by atoms with Crippen molar-refractivity contribution >= 4 is 54.0 Å². The van der Waals surface area contributed by atoms with Crippen molar-refractivity contribution in [2.75, 3.05) is 18.0 Å². The molecule has 0 N–H and O–H groups in total. The van der Waals surface area contributed by atoms with E-state index in [4.69, 9.17) is 4.98 Å². The first-order valence-corrected chi connectivity index (χ1v) is 14.9. The number of rotatable bonds is 7. The largest absolute Gasteiger partial charge is 0.283 e. The highest BCUT2D eigenvalue weighted by Gasteiger charge is 2.36. The van der Waals surface area contributed by atoms with Gasteiger partial charge in [-0.2, -0.15) is 4.31 Å². The zero-order valence-corrected chi connectivity index (χ0v) is 21.9.